The Labute approximate surface area is 212 Å². The van der Waals surface area contributed by atoms with Crippen LogP contribution in [0, 0.1) is 11.3 Å². The van der Waals surface area contributed by atoms with Gasteiger partial charge in [-0.25, -0.2) is 4.98 Å². The molecule has 2 aromatic carbocycles. The molecule has 2 aliphatic rings. The first kappa shape index (κ1) is 22.7. The van der Waals surface area contributed by atoms with Gasteiger partial charge in [-0.2, -0.15) is 5.26 Å². The van der Waals surface area contributed by atoms with Crippen molar-refractivity contribution >= 4 is 16.7 Å². The molecule has 3 heterocycles. The third-order valence-corrected chi connectivity index (χ3v) is 7.58. The fraction of sp³-hybridized carbons (Fsp3) is 0.323. The molecule has 0 amide bonds. The van der Waals surface area contributed by atoms with Gasteiger partial charge < -0.3 is 9.64 Å². The van der Waals surface area contributed by atoms with Gasteiger partial charge in [0.15, 0.2) is 0 Å². The lowest BCUT2D eigenvalue weighted by molar-refractivity contribution is -0.00545. The monoisotopic (exact) mass is 474 g/mol. The molecule has 5 heteroatoms. The van der Waals surface area contributed by atoms with E-state index < -0.39 is 0 Å². The van der Waals surface area contributed by atoms with Crippen molar-refractivity contribution in [2.45, 2.75) is 51.2 Å². The number of pyridine rings is 2. The van der Waals surface area contributed by atoms with Crippen molar-refractivity contribution < 1.29 is 4.74 Å². The number of ether oxygens (including phenoxy) is 1. The summed E-state index contributed by atoms with van der Waals surface area (Å²) in [4.78, 5) is 12.2. The van der Waals surface area contributed by atoms with Crippen molar-refractivity contribution in [3.63, 3.8) is 0 Å². The van der Waals surface area contributed by atoms with E-state index in [0.29, 0.717) is 11.5 Å². The molecule has 36 heavy (non-hydrogen) atoms. The van der Waals surface area contributed by atoms with Gasteiger partial charge in [0.05, 0.1) is 29.4 Å². The highest BCUT2D eigenvalue weighted by Crippen LogP contribution is 2.45. The summed E-state index contributed by atoms with van der Waals surface area (Å²) >= 11 is 0. The first-order valence-corrected chi connectivity index (χ1v) is 12.9. The second-order valence-electron chi connectivity index (χ2n) is 10.2. The molecule has 5 nitrogen and oxygen atoms in total. The minimum atomic E-state index is 0.204. The van der Waals surface area contributed by atoms with Crippen LogP contribution in [0.4, 0.5) is 5.82 Å². The van der Waals surface area contributed by atoms with Gasteiger partial charge in [-0.15, -0.1) is 0 Å². The number of nitrogens with zero attached hydrogens (tertiary/aromatic N) is 4. The maximum Gasteiger partial charge on any atom is 0.128 e. The Balaban J connectivity index is 1.41. The Bertz CT molecular complexity index is 1420. The Hall–Kier alpha value is -3.75. The van der Waals surface area contributed by atoms with Crippen molar-refractivity contribution in [2.24, 2.45) is 0 Å². The SMILES string of the molecule is CC1CN(c2ccc(-c3cnc4c(-c5ccc(C#N)cc5)cccc4c3C3CCC3)cn2)C[C@@H](C)O1. The first-order chi connectivity index (χ1) is 17.6. The van der Waals surface area contributed by atoms with Crippen molar-refractivity contribution in [2.75, 3.05) is 18.0 Å². The van der Waals surface area contributed by atoms with E-state index in [4.69, 9.17) is 14.7 Å². The molecular formula is C31H30N4O. The van der Waals surface area contributed by atoms with Crippen LogP contribution in [0.15, 0.2) is 67.0 Å². The van der Waals surface area contributed by atoms with Crippen molar-refractivity contribution in [1.82, 2.24) is 9.97 Å². The number of anilines is 1. The van der Waals surface area contributed by atoms with Crippen LogP contribution < -0.4 is 4.90 Å². The predicted molar refractivity (Wildman–Crippen MR) is 144 cm³/mol. The topological polar surface area (TPSA) is 62.0 Å². The van der Waals surface area contributed by atoms with E-state index in [0.717, 1.165) is 41.1 Å². The van der Waals surface area contributed by atoms with E-state index in [-0.39, 0.29) is 12.2 Å². The number of aromatic nitrogens is 2. The van der Waals surface area contributed by atoms with E-state index in [1.165, 1.54) is 35.8 Å². The van der Waals surface area contributed by atoms with Crippen LogP contribution in [0.3, 0.4) is 0 Å². The van der Waals surface area contributed by atoms with Gasteiger partial charge in [0.1, 0.15) is 5.82 Å². The molecule has 1 unspecified atom stereocenters. The molecule has 0 spiro atoms. The second kappa shape index (κ2) is 9.37. The highest BCUT2D eigenvalue weighted by molar-refractivity contribution is 5.98. The number of morpholine rings is 1. The van der Waals surface area contributed by atoms with Gasteiger partial charge in [0, 0.05) is 47.6 Å². The Morgan fingerprint density at radius 1 is 0.861 bits per heavy atom. The zero-order valence-corrected chi connectivity index (χ0v) is 20.8. The van der Waals surface area contributed by atoms with Crippen LogP contribution in [0.1, 0.15) is 50.2 Å². The zero-order valence-electron chi connectivity index (χ0n) is 20.8. The number of hydrogen-bond donors (Lipinski definition) is 0. The molecule has 1 saturated carbocycles. The summed E-state index contributed by atoms with van der Waals surface area (Å²) in [6.07, 6.45) is 8.15. The molecular weight excluding hydrogens is 444 g/mol. The van der Waals surface area contributed by atoms with E-state index in [2.05, 4.69) is 55.1 Å². The predicted octanol–water partition coefficient (Wildman–Crippen LogP) is 6.72. The molecule has 0 radical (unpaired) electrons. The summed E-state index contributed by atoms with van der Waals surface area (Å²) < 4.78 is 5.89. The minimum absolute atomic E-state index is 0.204. The number of nitriles is 1. The van der Waals surface area contributed by atoms with Crippen LogP contribution in [-0.2, 0) is 4.74 Å². The highest BCUT2D eigenvalue weighted by atomic mass is 16.5. The molecule has 1 aliphatic heterocycles. The molecule has 2 fully saturated rings. The zero-order chi connectivity index (χ0) is 24.6. The number of fused-ring (bicyclic) bond motifs is 1. The van der Waals surface area contributed by atoms with Crippen molar-refractivity contribution in [1.29, 1.82) is 5.26 Å². The summed E-state index contributed by atoms with van der Waals surface area (Å²) in [5.74, 6) is 1.55. The van der Waals surface area contributed by atoms with Gasteiger partial charge in [-0.1, -0.05) is 36.8 Å². The third kappa shape index (κ3) is 4.12. The lowest BCUT2D eigenvalue weighted by atomic mass is 9.76. The lowest BCUT2D eigenvalue weighted by Gasteiger charge is -2.36. The molecule has 2 aromatic heterocycles. The van der Waals surface area contributed by atoms with E-state index in [9.17, 15) is 5.26 Å². The fourth-order valence-corrected chi connectivity index (χ4v) is 5.67. The lowest BCUT2D eigenvalue weighted by Crippen LogP contribution is -2.45. The summed E-state index contributed by atoms with van der Waals surface area (Å²) in [5.41, 5.74) is 7.58. The minimum Gasteiger partial charge on any atom is -0.372 e. The van der Waals surface area contributed by atoms with Crippen LogP contribution in [-0.4, -0.2) is 35.3 Å². The van der Waals surface area contributed by atoms with Crippen LogP contribution in [0.25, 0.3) is 33.2 Å². The quantitative estimate of drug-likeness (QED) is 0.329. The maximum atomic E-state index is 9.18. The number of rotatable bonds is 4. The van der Waals surface area contributed by atoms with E-state index in [1.807, 2.05) is 36.7 Å². The highest BCUT2D eigenvalue weighted by Gasteiger charge is 2.27. The number of benzene rings is 2. The van der Waals surface area contributed by atoms with Gasteiger partial charge in [-0.05, 0) is 68.0 Å². The molecule has 6 rings (SSSR count). The second-order valence-corrected chi connectivity index (χ2v) is 10.2. The summed E-state index contributed by atoms with van der Waals surface area (Å²) in [6.45, 7) is 5.96. The molecule has 0 N–H and O–H groups in total. The van der Waals surface area contributed by atoms with Gasteiger partial charge in [0.25, 0.3) is 0 Å². The Kier molecular flexibility index (Phi) is 5.91. The first-order valence-electron chi connectivity index (χ1n) is 12.9. The summed E-state index contributed by atoms with van der Waals surface area (Å²) in [6, 6.07) is 20.8. The van der Waals surface area contributed by atoms with Gasteiger partial charge in [-0.3, -0.25) is 4.98 Å². The summed E-state index contributed by atoms with van der Waals surface area (Å²) in [7, 11) is 0. The molecule has 2 atom stereocenters. The largest absolute Gasteiger partial charge is 0.372 e. The molecule has 0 bridgehead atoms. The normalized spacial score (nSPS) is 20.2. The van der Waals surface area contributed by atoms with Crippen LogP contribution >= 0.6 is 0 Å². The molecule has 180 valence electrons. The average Bonchev–Trinajstić information content (AvgIpc) is 2.87. The van der Waals surface area contributed by atoms with Crippen molar-refractivity contribution in [3.05, 3.63) is 78.1 Å². The fourth-order valence-electron chi connectivity index (χ4n) is 5.67. The van der Waals surface area contributed by atoms with E-state index in [1.54, 1.807) is 0 Å². The number of para-hydroxylation sites is 1. The van der Waals surface area contributed by atoms with Gasteiger partial charge >= 0.3 is 0 Å². The molecule has 1 saturated heterocycles. The summed E-state index contributed by atoms with van der Waals surface area (Å²) in [5, 5.41) is 10.4. The Morgan fingerprint density at radius 2 is 1.61 bits per heavy atom. The average molecular weight is 475 g/mol. The van der Waals surface area contributed by atoms with E-state index >= 15 is 0 Å². The van der Waals surface area contributed by atoms with Gasteiger partial charge in [0.2, 0.25) is 0 Å². The third-order valence-electron chi connectivity index (χ3n) is 7.58. The van der Waals surface area contributed by atoms with Crippen LogP contribution in [0.2, 0.25) is 0 Å². The molecule has 4 aromatic rings. The molecule has 1 aliphatic carbocycles. The standard InChI is InChI=1S/C31H30N4O/c1-20-18-35(19-21(2)36-20)29-14-13-25(16-33-29)28-17-34-31-26(23-11-9-22(15-32)10-12-23)7-4-8-27(31)30(28)24-5-3-6-24/h4,7-14,16-17,20-21,24H,3,5-6,18-19H2,1-2H3/t20-,21?/m1/s1. The van der Waals surface area contributed by atoms with Crippen LogP contribution in [0.5, 0.6) is 0 Å². The maximum absolute atomic E-state index is 9.18. The number of hydrogen-bond acceptors (Lipinski definition) is 5. The van der Waals surface area contributed by atoms with Crippen molar-refractivity contribution in [3.8, 4) is 28.3 Å². The smallest absolute Gasteiger partial charge is 0.128 e. The Morgan fingerprint density at radius 3 is 2.25 bits per heavy atom.